The maximum absolute atomic E-state index is 15.8. The third-order valence-corrected chi connectivity index (χ3v) is 6.46. The van der Waals surface area contributed by atoms with Crippen LogP contribution in [-0.4, -0.2) is 28.0 Å². The molecule has 1 heterocycles. The number of aromatic nitrogens is 1. The molecule has 222 valence electrons. The maximum atomic E-state index is 15.8. The predicted molar refractivity (Wildman–Crippen MR) is 150 cm³/mol. The van der Waals surface area contributed by atoms with E-state index in [2.05, 4.69) is 21.9 Å². The fraction of sp³-hybridized carbons (Fsp3) is 0.133. The number of hydrogen-bond donors (Lipinski definition) is 3. The molecule has 4 aromatic rings. The standard InChI is InChI=1S/C30H23ClF5N5O2/c31-22-7-6-21(26(33)13-22)16-43-24-9-3-19(4-10-24)1-2-20-5-12-28(39-15-20)30(35,36)29(42,17-41(38)18-40-37)25-11-8-23(32)14-27(25)34/h3-15,18,42H,16-17,37-38H2/b40-18-. The van der Waals surface area contributed by atoms with Gasteiger partial charge in [-0.05, 0) is 60.7 Å². The van der Waals surface area contributed by atoms with Gasteiger partial charge < -0.3 is 15.7 Å². The Morgan fingerprint density at radius 3 is 2.28 bits per heavy atom. The molecular weight excluding hydrogens is 593 g/mol. The molecule has 0 saturated heterocycles. The quantitative estimate of drug-likeness (QED) is 0.0597. The van der Waals surface area contributed by atoms with Crippen molar-refractivity contribution in [3.63, 3.8) is 0 Å². The van der Waals surface area contributed by atoms with Gasteiger partial charge in [-0.1, -0.05) is 29.5 Å². The van der Waals surface area contributed by atoms with Crippen molar-refractivity contribution in [3.05, 3.63) is 129 Å². The van der Waals surface area contributed by atoms with Crippen LogP contribution >= 0.6 is 11.6 Å². The minimum absolute atomic E-state index is 0.0104. The Morgan fingerprint density at radius 1 is 0.953 bits per heavy atom. The van der Waals surface area contributed by atoms with Crippen LogP contribution in [0, 0.1) is 29.3 Å². The topological polar surface area (TPSA) is 110 Å². The molecule has 0 aliphatic heterocycles. The number of hydrogen-bond acceptors (Lipinski definition) is 6. The SMILES string of the molecule is N/N=C\N(N)CC(O)(c1ccc(F)cc1F)C(F)(F)c1ccc(C#Cc2ccc(OCc3ccc(Cl)cc3F)cc2)cn1. The van der Waals surface area contributed by atoms with Gasteiger partial charge in [0.2, 0.25) is 0 Å². The van der Waals surface area contributed by atoms with E-state index in [0.29, 0.717) is 34.0 Å². The van der Waals surface area contributed by atoms with Crippen LogP contribution in [0.2, 0.25) is 5.02 Å². The van der Waals surface area contributed by atoms with Gasteiger partial charge in [0.05, 0.1) is 6.54 Å². The zero-order chi connectivity index (χ0) is 31.2. The zero-order valence-corrected chi connectivity index (χ0v) is 22.9. The van der Waals surface area contributed by atoms with Crippen molar-refractivity contribution in [1.29, 1.82) is 0 Å². The van der Waals surface area contributed by atoms with Crippen molar-refractivity contribution >= 4 is 17.9 Å². The van der Waals surface area contributed by atoms with Crippen LogP contribution in [0.3, 0.4) is 0 Å². The Morgan fingerprint density at radius 2 is 1.65 bits per heavy atom. The van der Waals surface area contributed by atoms with Gasteiger partial charge in [0.15, 0.2) is 5.60 Å². The first-order valence-electron chi connectivity index (χ1n) is 12.4. The second-order valence-electron chi connectivity index (χ2n) is 9.23. The van der Waals surface area contributed by atoms with Crippen LogP contribution < -0.4 is 16.4 Å². The van der Waals surface area contributed by atoms with E-state index in [0.717, 1.165) is 24.7 Å². The lowest BCUT2D eigenvalue weighted by Crippen LogP contribution is -2.53. The second kappa shape index (κ2) is 13.1. The Hall–Kier alpha value is -4.70. The van der Waals surface area contributed by atoms with Gasteiger partial charge >= 0.3 is 5.92 Å². The smallest absolute Gasteiger partial charge is 0.323 e. The van der Waals surface area contributed by atoms with Crippen LogP contribution in [0.5, 0.6) is 5.75 Å². The lowest BCUT2D eigenvalue weighted by Gasteiger charge is -2.37. The Balaban J connectivity index is 1.51. The fourth-order valence-corrected chi connectivity index (χ4v) is 4.17. The molecule has 13 heteroatoms. The van der Waals surface area contributed by atoms with Gasteiger partial charge in [-0.2, -0.15) is 13.9 Å². The molecule has 5 N–H and O–H groups in total. The molecule has 0 aliphatic carbocycles. The van der Waals surface area contributed by atoms with Crippen molar-refractivity contribution in [1.82, 2.24) is 9.99 Å². The molecule has 1 unspecified atom stereocenters. The summed E-state index contributed by atoms with van der Waals surface area (Å²) in [5, 5.41) is 15.1. The zero-order valence-electron chi connectivity index (χ0n) is 22.1. The summed E-state index contributed by atoms with van der Waals surface area (Å²) < 4.78 is 79.2. The first-order valence-corrected chi connectivity index (χ1v) is 12.8. The molecule has 0 radical (unpaired) electrons. The Labute approximate surface area is 248 Å². The number of ether oxygens (including phenoxy) is 1. The van der Waals surface area contributed by atoms with E-state index < -0.39 is 46.8 Å². The normalized spacial score (nSPS) is 12.8. The van der Waals surface area contributed by atoms with E-state index in [-0.39, 0.29) is 17.2 Å². The number of hydrazine groups is 1. The molecule has 43 heavy (non-hydrogen) atoms. The summed E-state index contributed by atoms with van der Waals surface area (Å²) in [5.74, 6) is 9.53. The molecule has 0 spiro atoms. The number of rotatable bonds is 9. The summed E-state index contributed by atoms with van der Waals surface area (Å²) in [6.45, 7) is -1.09. The minimum atomic E-state index is -4.23. The van der Waals surface area contributed by atoms with Crippen LogP contribution in [-0.2, 0) is 18.1 Å². The Kier molecular flexibility index (Phi) is 9.50. The largest absolute Gasteiger partial charge is 0.489 e. The third kappa shape index (κ3) is 7.21. The molecule has 1 atom stereocenters. The molecule has 3 aromatic carbocycles. The van der Waals surface area contributed by atoms with E-state index >= 15 is 8.78 Å². The predicted octanol–water partition coefficient (Wildman–Crippen LogP) is 5.19. The molecule has 1 aromatic heterocycles. The maximum Gasteiger partial charge on any atom is 0.323 e. The van der Waals surface area contributed by atoms with E-state index in [4.69, 9.17) is 28.0 Å². The number of pyridine rings is 1. The average Bonchev–Trinajstić information content (AvgIpc) is 2.96. The van der Waals surface area contributed by atoms with Crippen molar-refractivity contribution in [3.8, 4) is 17.6 Å². The van der Waals surface area contributed by atoms with E-state index in [1.165, 1.54) is 18.2 Å². The van der Waals surface area contributed by atoms with Gasteiger partial charge in [0.1, 0.15) is 41.8 Å². The number of alkyl halides is 2. The highest BCUT2D eigenvalue weighted by Crippen LogP contribution is 2.46. The first kappa shape index (κ1) is 31.2. The van der Waals surface area contributed by atoms with E-state index in [9.17, 15) is 18.3 Å². The molecular formula is C30H23ClF5N5O2. The molecule has 7 nitrogen and oxygen atoms in total. The number of nitrogens with zero attached hydrogens (tertiary/aromatic N) is 3. The van der Waals surface area contributed by atoms with Gasteiger partial charge in [-0.25, -0.2) is 19.0 Å². The Bertz CT molecular complexity index is 1680. The second-order valence-corrected chi connectivity index (χ2v) is 9.66. The van der Waals surface area contributed by atoms with Gasteiger partial charge in [0.25, 0.3) is 0 Å². The van der Waals surface area contributed by atoms with Crippen LogP contribution in [0.15, 0.2) is 84.1 Å². The average molecular weight is 616 g/mol. The van der Waals surface area contributed by atoms with Crippen LogP contribution in [0.4, 0.5) is 22.0 Å². The lowest BCUT2D eigenvalue weighted by molar-refractivity contribution is -0.203. The van der Waals surface area contributed by atoms with Crippen molar-refractivity contribution < 1.29 is 31.8 Å². The third-order valence-electron chi connectivity index (χ3n) is 6.22. The summed E-state index contributed by atoms with van der Waals surface area (Å²) in [6, 6.07) is 14.8. The molecule has 0 amide bonds. The van der Waals surface area contributed by atoms with Gasteiger partial charge in [-0.3, -0.25) is 9.99 Å². The van der Waals surface area contributed by atoms with Crippen molar-refractivity contribution in [2.75, 3.05) is 6.54 Å². The number of hydrazone groups is 1. The molecule has 4 rings (SSSR count). The molecule has 0 fully saturated rings. The van der Waals surface area contributed by atoms with Crippen molar-refractivity contribution in [2.45, 2.75) is 18.1 Å². The minimum Gasteiger partial charge on any atom is -0.489 e. The van der Waals surface area contributed by atoms with Crippen LogP contribution in [0.25, 0.3) is 0 Å². The van der Waals surface area contributed by atoms with Gasteiger partial charge in [0, 0.05) is 39.5 Å². The monoisotopic (exact) mass is 615 g/mol. The highest BCUT2D eigenvalue weighted by atomic mass is 35.5. The summed E-state index contributed by atoms with van der Waals surface area (Å²) in [5.41, 5.74) is -4.02. The highest BCUT2D eigenvalue weighted by molar-refractivity contribution is 6.30. The first-order chi connectivity index (χ1) is 20.4. The van der Waals surface area contributed by atoms with Crippen molar-refractivity contribution in [2.24, 2.45) is 16.8 Å². The fourth-order valence-electron chi connectivity index (χ4n) is 4.01. The number of benzene rings is 3. The summed E-state index contributed by atoms with van der Waals surface area (Å²) in [7, 11) is 0. The molecule has 0 bridgehead atoms. The van der Waals surface area contributed by atoms with E-state index in [1.54, 1.807) is 30.3 Å². The number of halogens is 6. The lowest BCUT2D eigenvalue weighted by atomic mass is 9.84. The number of aliphatic hydroxyl groups is 1. The molecule has 0 aliphatic rings. The summed E-state index contributed by atoms with van der Waals surface area (Å²) in [4.78, 5) is 3.75. The summed E-state index contributed by atoms with van der Waals surface area (Å²) >= 11 is 5.75. The van der Waals surface area contributed by atoms with Gasteiger partial charge in [-0.15, -0.1) is 0 Å². The molecule has 0 saturated carbocycles. The highest BCUT2D eigenvalue weighted by Gasteiger charge is 2.58. The van der Waals surface area contributed by atoms with E-state index in [1.807, 2.05) is 0 Å². The number of nitrogens with two attached hydrogens (primary N) is 2. The van der Waals surface area contributed by atoms with Crippen LogP contribution in [0.1, 0.15) is 27.9 Å². The summed E-state index contributed by atoms with van der Waals surface area (Å²) in [6.07, 6.45) is 1.80.